The molecule has 9 atom stereocenters. The molecule has 2 aliphatic heterocycles. The van der Waals surface area contributed by atoms with E-state index in [1.165, 1.54) is 6.08 Å². The summed E-state index contributed by atoms with van der Waals surface area (Å²) in [4.78, 5) is 11.4. The van der Waals surface area contributed by atoms with Crippen LogP contribution < -0.4 is 0 Å². The minimum absolute atomic E-state index is 0.326. The molecule has 3 rings (SSSR count). The molecule has 0 amide bonds. The average molecular weight is 406 g/mol. The van der Waals surface area contributed by atoms with Gasteiger partial charge in [0, 0.05) is 5.92 Å². The lowest BCUT2D eigenvalue weighted by Crippen LogP contribution is -2.64. The van der Waals surface area contributed by atoms with E-state index in [-0.39, 0.29) is 5.57 Å². The second-order valence-electron chi connectivity index (χ2n) is 6.95. The first kappa shape index (κ1) is 21.1. The van der Waals surface area contributed by atoms with Gasteiger partial charge >= 0.3 is 11.9 Å². The molecule has 12 heteroatoms. The van der Waals surface area contributed by atoms with Crippen molar-refractivity contribution in [3.63, 3.8) is 0 Å². The summed E-state index contributed by atoms with van der Waals surface area (Å²) in [6.07, 6.45) is -5.48. The van der Waals surface area contributed by atoms with E-state index < -0.39 is 73.3 Å². The Hall–Kier alpha value is -1.61. The van der Waals surface area contributed by atoms with E-state index in [0.29, 0.717) is 6.26 Å². The molecule has 0 aromatic heterocycles. The number of aliphatic carboxylic acids is 1. The largest absolute Gasteiger partial charge is 0.478 e. The monoisotopic (exact) mass is 406 g/mol. The van der Waals surface area contributed by atoms with Crippen LogP contribution >= 0.6 is 0 Å². The highest BCUT2D eigenvalue weighted by Gasteiger charge is 2.63. The lowest BCUT2D eigenvalue weighted by molar-refractivity contribution is -0.452. The van der Waals surface area contributed by atoms with Crippen LogP contribution in [-0.2, 0) is 19.0 Å². The predicted molar refractivity (Wildman–Crippen MR) is 84.8 cm³/mol. The zero-order valence-electron chi connectivity index (χ0n) is 14.4. The predicted octanol–water partition coefficient (Wildman–Crippen LogP) is -4.03. The highest BCUT2D eigenvalue weighted by Crippen LogP contribution is 2.49. The molecular formula is C16H22O12. The van der Waals surface area contributed by atoms with Gasteiger partial charge in [-0.3, -0.25) is 4.74 Å². The first-order valence-corrected chi connectivity index (χ1v) is 8.42. The Morgan fingerprint density at radius 1 is 1.14 bits per heavy atom. The molecular weight excluding hydrogens is 384 g/mol. The van der Waals surface area contributed by atoms with Crippen LogP contribution in [0, 0.1) is 11.8 Å². The number of fused-ring (bicyclic) bond motifs is 1. The maximum atomic E-state index is 11.4. The Morgan fingerprint density at radius 2 is 1.82 bits per heavy atom. The minimum Gasteiger partial charge on any atom is -0.478 e. The fourth-order valence-corrected chi connectivity index (χ4v) is 3.70. The molecule has 1 fully saturated rings. The molecule has 1 aliphatic carbocycles. The van der Waals surface area contributed by atoms with Gasteiger partial charge in [0.2, 0.25) is 0 Å². The van der Waals surface area contributed by atoms with E-state index >= 15 is 0 Å². The van der Waals surface area contributed by atoms with Crippen molar-refractivity contribution in [1.82, 2.24) is 0 Å². The van der Waals surface area contributed by atoms with E-state index in [2.05, 4.69) is 0 Å². The molecule has 2 heterocycles. The molecule has 0 spiro atoms. The summed E-state index contributed by atoms with van der Waals surface area (Å²) in [5.41, 5.74) is -2.46. The van der Waals surface area contributed by atoms with Crippen molar-refractivity contribution in [2.45, 2.75) is 42.3 Å². The summed E-state index contributed by atoms with van der Waals surface area (Å²) in [7, 11) is 0. The van der Waals surface area contributed by atoms with Crippen molar-refractivity contribution in [3.8, 4) is 0 Å². The first-order chi connectivity index (χ1) is 13.1. The third-order valence-electron chi connectivity index (χ3n) is 5.23. The van der Waals surface area contributed by atoms with Crippen LogP contribution in [0.1, 0.15) is 0 Å². The molecule has 0 saturated carbocycles. The fraction of sp³-hybridized carbons (Fsp3) is 0.688. The summed E-state index contributed by atoms with van der Waals surface area (Å²) in [6, 6.07) is 0. The summed E-state index contributed by atoms with van der Waals surface area (Å²) >= 11 is 0. The molecule has 158 valence electrons. The topological polar surface area (TPSA) is 207 Å². The number of carbonyl (C=O) groups is 1. The van der Waals surface area contributed by atoms with Gasteiger partial charge < -0.3 is 50.3 Å². The molecule has 12 nitrogen and oxygen atoms in total. The second kappa shape index (κ2) is 7.33. The molecule has 0 radical (unpaired) electrons. The summed E-state index contributed by atoms with van der Waals surface area (Å²) in [5, 5.41) is 79.3. The minimum atomic E-state index is -2.79. The Morgan fingerprint density at radius 3 is 2.39 bits per heavy atom. The normalized spacial score (nSPS) is 48.0. The van der Waals surface area contributed by atoms with E-state index in [4.69, 9.17) is 14.2 Å². The van der Waals surface area contributed by atoms with Crippen LogP contribution in [0.2, 0.25) is 0 Å². The van der Waals surface area contributed by atoms with E-state index in [9.17, 15) is 45.6 Å². The standard InChI is InChI=1S/C16H22O12/c17-3-8-9(19)10(20)11(21)14(27-8)28-16(25)12-6(1-2-15(12,24)5-18)7(4-26-16)13(22)23/h1-2,4,6,8-12,14,17-21,24-25H,3,5H2,(H,22,23)/t6-,8+,9+,10-,11+,12-,14-,15+,16+/m0/s1. The number of allylic oxidation sites excluding steroid dienone is 1. The van der Waals surface area contributed by atoms with Crippen LogP contribution in [0.4, 0.5) is 0 Å². The number of aliphatic hydroxyl groups is 7. The number of carboxylic acid groups (broad SMARTS) is 1. The third-order valence-corrected chi connectivity index (χ3v) is 5.23. The van der Waals surface area contributed by atoms with Gasteiger partial charge in [0.25, 0.3) is 0 Å². The Labute approximate surface area is 158 Å². The molecule has 0 unspecified atom stereocenters. The second-order valence-corrected chi connectivity index (χ2v) is 6.95. The molecule has 1 saturated heterocycles. The van der Waals surface area contributed by atoms with Crippen LogP contribution in [0.3, 0.4) is 0 Å². The molecule has 28 heavy (non-hydrogen) atoms. The van der Waals surface area contributed by atoms with Gasteiger partial charge in [-0.15, -0.1) is 0 Å². The van der Waals surface area contributed by atoms with Gasteiger partial charge in [-0.25, -0.2) is 4.79 Å². The SMILES string of the molecule is O=C(O)C1=CO[C@@](O)(O[C@@H]2O[C@H](CO)[C@@H](O)[C@H](O)[C@H]2O)[C@H]2[C@H]1C=C[C@@]2(O)CO. The van der Waals surface area contributed by atoms with Crippen molar-refractivity contribution in [3.05, 3.63) is 24.0 Å². The number of hydrogen-bond acceptors (Lipinski definition) is 11. The number of ether oxygens (including phenoxy) is 3. The van der Waals surface area contributed by atoms with Crippen LogP contribution in [0.5, 0.6) is 0 Å². The first-order valence-electron chi connectivity index (χ1n) is 8.42. The molecule has 8 N–H and O–H groups in total. The van der Waals surface area contributed by atoms with E-state index in [1.807, 2.05) is 0 Å². The van der Waals surface area contributed by atoms with Crippen molar-refractivity contribution in [1.29, 1.82) is 0 Å². The van der Waals surface area contributed by atoms with Crippen LogP contribution in [0.15, 0.2) is 24.0 Å². The van der Waals surface area contributed by atoms with Gasteiger partial charge in [-0.2, -0.15) is 0 Å². The number of carboxylic acids is 1. The summed E-state index contributed by atoms with van der Waals surface area (Å²) in [6.45, 7) is -1.66. The van der Waals surface area contributed by atoms with Crippen molar-refractivity contribution >= 4 is 5.97 Å². The molecule has 0 aromatic carbocycles. The summed E-state index contributed by atoms with van der Waals surface area (Å²) < 4.78 is 15.4. The van der Waals surface area contributed by atoms with Crippen molar-refractivity contribution in [2.24, 2.45) is 11.8 Å². The van der Waals surface area contributed by atoms with Gasteiger partial charge in [0.1, 0.15) is 36.3 Å². The van der Waals surface area contributed by atoms with E-state index in [1.54, 1.807) is 0 Å². The molecule has 0 bridgehead atoms. The quantitative estimate of drug-likeness (QED) is 0.162. The highest BCUT2D eigenvalue weighted by molar-refractivity contribution is 5.87. The number of rotatable bonds is 5. The Kier molecular flexibility index (Phi) is 5.53. The fourth-order valence-electron chi connectivity index (χ4n) is 3.70. The zero-order valence-corrected chi connectivity index (χ0v) is 14.4. The van der Waals surface area contributed by atoms with Crippen LogP contribution in [-0.4, -0.2) is 102 Å². The number of aliphatic hydroxyl groups excluding tert-OH is 5. The maximum Gasteiger partial charge on any atom is 0.335 e. The van der Waals surface area contributed by atoms with Crippen molar-refractivity contribution < 1.29 is 59.9 Å². The van der Waals surface area contributed by atoms with Crippen molar-refractivity contribution in [2.75, 3.05) is 13.2 Å². The van der Waals surface area contributed by atoms with Gasteiger partial charge in [-0.05, 0) is 0 Å². The van der Waals surface area contributed by atoms with E-state index in [0.717, 1.165) is 6.08 Å². The lowest BCUT2D eigenvalue weighted by atomic mass is 9.78. The Bertz CT molecular complexity index is 677. The van der Waals surface area contributed by atoms with Gasteiger partial charge in [-0.1, -0.05) is 12.2 Å². The smallest absolute Gasteiger partial charge is 0.335 e. The highest BCUT2D eigenvalue weighted by atomic mass is 16.9. The number of hydrogen-bond donors (Lipinski definition) is 8. The molecule has 0 aromatic rings. The average Bonchev–Trinajstić information content (AvgIpc) is 3.02. The molecule has 3 aliphatic rings. The third kappa shape index (κ3) is 3.22. The summed E-state index contributed by atoms with van der Waals surface area (Å²) in [5.74, 6) is -6.89. The lowest BCUT2D eigenvalue weighted by Gasteiger charge is -2.47. The van der Waals surface area contributed by atoms with Gasteiger partial charge in [0.15, 0.2) is 6.29 Å². The van der Waals surface area contributed by atoms with Gasteiger partial charge in [0.05, 0.1) is 24.7 Å². The maximum absolute atomic E-state index is 11.4. The zero-order chi connectivity index (χ0) is 20.9. The van der Waals surface area contributed by atoms with Crippen LogP contribution in [0.25, 0.3) is 0 Å². The Balaban J connectivity index is 1.92.